The van der Waals surface area contributed by atoms with E-state index in [1.54, 1.807) is 31.4 Å². The summed E-state index contributed by atoms with van der Waals surface area (Å²) in [7, 11) is 3.41. The number of likely N-dealkylation sites (N-methyl/N-ethyl adjacent to an activating group) is 1. The summed E-state index contributed by atoms with van der Waals surface area (Å²) in [6.45, 7) is 1.22. The molecular weight excluding hydrogens is 311 g/mol. The standard InChI is InChI=1S/C18H21FN2O3/c1-21(10-11-24-16-8-6-14(19)7-9-16)13-18(22)20-15-4-3-5-17(12-15)23-2/h3-9,12H,10-11,13H2,1-2H3,(H,20,22). The summed E-state index contributed by atoms with van der Waals surface area (Å²) in [4.78, 5) is 13.9. The molecule has 0 saturated heterocycles. The lowest BCUT2D eigenvalue weighted by Crippen LogP contribution is -2.33. The monoisotopic (exact) mass is 332 g/mol. The average Bonchev–Trinajstić information content (AvgIpc) is 2.56. The molecule has 0 aliphatic heterocycles. The van der Waals surface area contributed by atoms with Gasteiger partial charge in [-0.15, -0.1) is 0 Å². The number of carbonyl (C=O) groups is 1. The third-order valence-electron chi connectivity index (χ3n) is 3.32. The van der Waals surface area contributed by atoms with Crippen LogP contribution in [0.4, 0.5) is 10.1 Å². The second kappa shape index (κ2) is 8.88. The number of rotatable bonds is 8. The van der Waals surface area contributed by atoms with E-state index in [2.05, 4.69) is 5.32 Å². The first-order valence-electron chi connectivity index (χ1n) is 7.57. The lowest BCUT2D eigenvalue weighted by molar-refractivity contribution is -0.117. The minimum absolute atomic E-state index is 0.118. The van der Waals surface area contributed by atoms with Crippen LogP contribution in [0.15, 0.2) is 48.5 Å². The first-order chi connectivity index (χ1) is 11.6. The van der Waals surface area contributed by atoms with Gasteiger partial charge in [0, 0.05) is 18.3 Å². The Morgan fingerprint density at radius 1 is 1.17 bits per heavy atom. The van der Waals surface area contributed by atoms with E-state index in [4.69, 9.17) is 9.47 Å². The van der Waals surface area contributed by atoms with Gasteiger partial charge in [-0.2, -0.15) is 0 Å². The van der Waals surface area contributed by atoms with Gasteiger partial charge in [0.15, 0.2) is 0 Å². The number of nitrogens with one attached hydrogen (secondary N) is 1. The van der Waals surface area contributed by atoms with Crippen molar-refractivity contribution in [3.8, 4) is 11.5 Å². The zero-order valence-electron chi connectivity index (χ0n) is 13.8. The van der Waals surface area contributed by atoms with Gasteiger partial charge in [-0.3, -0.25) is 9.69 Å². The molecule has 0 aliphatic carbocycles. The highest BCUT2D eigenvalue weighted by atomic mass is 19.1. The van der Waals surface area contributed by atoms with Crippen LogP contribution in [0.25, 0.3) is 0 Å². The van der Waals surface area contributed by atoms with Gasteiger partial charge in [-0.05, 0) is 43.4 Å². The molecule has 1 N–H and O–H groups in total. The van der Waals surface area contributed by atoms with Crippen molar-refractivity contribution in [1.29, 1.82) is 0 Å². The molecule has 0 saturated carbocycles. The molecule has 0 radical (unpaired) electrons. The number of hydrogen-bond donors (Lipinski definition) is 1. The lowest BCUT2D eigenvalue weighted by Gasteiger charge is -2.16. The van der Waals surface area contributed by atoms with Crippen LogP contribution in [0.3, 0.4) is 0 Å². The maximum atomic E-state index is 12.8. The third-order valence-corrected chi connectivity index (χ3v) is 3.32. The fraction of sp³-hybridized carbons (Fsp3) is 0.278. The van der Waals surface area contributed by atoms with E-state index in [0.717, 1.165) is 0 Å². The highest BCUT2D eigenvalue weighted by Gasteiger charge is 2.07. The molecule has 0 fully saturated rings. The number of ether oxygens (including phenoxy) is 2. The number of amides is 1. The molecule has 128 valence electrons. The predicted octanol–water partition coefficient (Wildman–Crippen LogP) is 2.78. The van der Waals surface area contributed by atoms with E-state index in [-0.39, 0.29) is 18.3 Å². The van der Waals surface area contributed by atoms with E-state index in [1.165, 1.54) is 12.1 Å². The zero-order valence-corrected chi connectivity index (χ0v) is 13.8. The molecule has 2 aromatic rings. The van der Waals surface area contributed by atoms with Gasteiger partial charge in [-0.1, -0.05) is 6.07 Å². The summed E-state index contributed by atoms with van der Waals surface area (Å²) in [5.74, 6) is 0.876. The summed E-state index contributed by atoms with van der Waals surface area (Å²) in [6, 6.07) is 13.0. The Morgan fingerprint density at radius 2 is 1.92 bits per heavy atom. The molecule has 0 heterocycles. The Kier molecular flexibility index (Phi) is 6.57. The first-order valence-corrected chi connectivity index (χ1v) is 7.57. The van der Waals surface area contributed by atoms with E-state index >= 15 is 0 Å². The summed E-state index contributed by atoms with van der Waals surface area (Å²) in [5, 5.41) is 2.82. The van der Waals surface area contributed by atoms with Crippen LogP contribution in [-0.4, -0.2) is 44.7 Å². The highest BCUT2D eigenvalue weighted by molar-refractivity contribution is 5.92. The molecule has 6 heteroatoms. The predicted molar refractivity (Wildman–Crippen MR) is 91.0 cm³/mol. The Morgan fingerprint density at radius 3 is 2.62 bits per heavy atom. The number of hydrogen-bond acceptors (Lipinski definition) is 4. The van der Waals surface area contributed by atoms with E-state index < -0.39 is 0 Å². The van der Waals surface area contributed by atoms with Crippen molar-refractivity contribution < 1.29 is 18.7 Å². The molecule has 5 nitrogen and oxygen atoms in total. The number of anilines is 1. The average molecular weight is 332 g/mol. The molecule has 2 aromatic carbocycles. The normalized spacial score (nSPS) is 10.5. The first kappa shape index (κ1) is 17.7. The van der Waals surface area contributed by atoms with Gasteiger partial charge >= 0.3 is 0 Å². The summed E-state index contributed by atoms with van der Waals surface area (Å²) >= 11 is 0. The van der Waals surface area contributed by atoms with Crippen molar-refractivity contribution in [2.45, 2.75) is 0 Å². The number of carbonyl (C=O) groups excluding carboxylic acids is 1. The van der Waals surface area contributed by atoms with Crippen LogP contribution >= 0.6 is 0 Å². The molecule has 0 aliphatic rings. The van der Waals surface area contributed by atoms with E-state index in [1.807, 2.05) is 24.1 Å². The molecule has 0 atom stereocenters. The molecule has 0 spiro atoms. The smallest absolute Gasteiger partial charge is 0.238 e. The maximum Gasteiger partial charge on any atom is 0.238 e. The van der Waals surface area contributed by atoms with Crippen molar-refractivity contribution in [2.75, 3.05) is 39.2 Å². The van der Waals surface area contributed by atoms with Crippen molar-refractivity contribution in [1.82, 2.24) is 4.90 Å². The second-order valence-corrected chi connectivity index (χ2v) is 5.32. The van der Waals surface area contributed by atoms with Gasteiger partial charge in [0.05, 0.1) is 13.7 Å². The molecule has 24 heavy (non-hydrogen) atoms. The molecule has 1 amide bonds. The summed E-state index contributed by atoms with van der Waals surface area (Å²) in [6.07, 6.45) is 0. The minimum atomic E-state index is -0.298. The Hall–Kier alpha value is -2.60. The number of methoxy groups -OCH3 is 1. The maximum absolute atomic E-state index is 12.8. The van der Waals surface area contributed by atoms with Gasteiger partial charge in [0.25, 0.3) is 0 Å². The molecule has 0 bridgehead atoms. The minimum Gasteiger partial charge on any atom is -0.497 e. The topological polar surface area (TPSA) is 50.8 Å². The fourth-order valence-electron chi connectivity index (χ4n) is 2.08. The van der Waals surface area contributed by atoms with Crippen LogP contribution in [0.2, 0.25) is 0 Å². The molecule has 0 aromatic heterocycles. The van der Waals surface area contributed by atoms with Crippen LogP contribution in [0, 0.1) is 5.82 Å². The number of nitrogens with zero attached hydrogens (tertiary/aromatic N) is 1. The Labute approximate surface area is 141 Å². The van der Waals surface area contributed by atoms with Crippen molar-refractivity contribution in [2.24, 2.45) is 0 Å². The van der Waals surface area contributed by atoms with Gasteiger partial charge < -0.3 is 14.8 Å². The highest BCUT2D eigenvalue weighted by Crippen LogP contribution is 2.16. The summed E-state index contributed by atoms with van der Waals surface area (Å²) < 4.78 is 23.4. The molecular formula is C18H21FN2O3. The fourth-order valence-corrected chi connectivity index (χ4v) is 2.08. The van der Waals surface area contributed by atoms with Gasteiger partial charge in [0.1, 0.15) is 23.9 Å². The van der Waals surface area contributed by atoms with Crippen LogP contribution in [0.1, 0.15) is 0 Å². The Balaban J connectivity index is 1.72. The van der Waals surface area contributed by atoms with Crippen LogP contribution in [-0.2, 0) is 4.79 Å². The van der Waals surface area contributed by atoms with Crippen molar-refractivity contribution in [3.63, 3.8) is 0 Å². The number of halogens is 1. The quantitative estimate of drug-likeness (QED) is 0.808. The zero-order chi connectivity index (χ0) is 17.4. The van der Waals surface area contributed by atoms with Gasteiger partial charge in [0.2, 0.25) is 5.91 Å². The third kappa shape index (κ3) is 5.89. The van der Waals surface area contributed by atoms with Gasteiger partial charge in [-0.25, -0.2) is 4.39 Å². The Bertz CT molecular complexity index is 662. The number of benzene rings is 2. The van der Waals surface area contributed by atoms with Crippen LogP contribution < -0.4 is 14.8 Å². The lowest BCUT2D eigenvalue weighted by atomic mass is 10.3. The van der Waals surface area contributed by atoms with Crippen molar-refractivity contribution in [3.05, 3.63) is 54.3 Å². The molecule has 0 unspecified atom stereocenters. The van der Waals surface area contributed by atoms with E-state index in [9.17, 15) is 9.18 Å². The van der Waals surface area contributed by atoms with Crippen LogP contribution in [0.5, 0.6) is 11.5 Å². The summed E-state index contributed by atoms with van der Waals surface area (Å²) in [5.41, 5.74) is 0.690. The second-order valence-electron chi connectivity index (χ2n) is 5.32. The SMILES string of the molecule is COc1cccc(NC(=O)CN(C)CCOc2ccc(F)cc2)c1. The van der Waals surface area contributed by atoms with Crippen molar-refractivity contribution >= 4 is 11.6 Å². The van der Waals surface area contributed by atoms with E-state index in [0.29, 0.717) is 30.3 Å². The molecule has 2 rings (SSSR count). The largest absolute Gasteiger partial charge is 0.497 e.